The van der Waals surface area contributed by atoms with Gasteiger partial charge in [0.25, 0.3) is 0 Å². The van der Waals surface area contributed by atoms with E-state index in [2.05, 4.69) is 0 Å². The average Bonchev–Trinajstić information content (AvgIpc) is 2.66. The zero-order valence-corrected chi connectivity index (χ0v) is 16.7. The lowest BCUT2D eigenvalue weighted by atomic mass is 9.87. The van der Waals surface area contributed by atoms with Gasteiger partial charge >= 0.3 is 18.2 Å². The molecule has 0 radical (unpaired) electrons. The van der Waals surface area contributed by atoms with Gasteiger partial charge in [0.2, 0.25) is 0 Å². The molecule has 0 fully saturated rings. The highest BCUT2D eigenvalue weighted by Crippen LogP contribution is 2.47. The molecule has 0 aromatic heterocycles. The van der Waals surface area contributed by atoms with E-state index in [0.717, 1.165) is 19.0 Å². The van der Waals surface area contributed by atoms with Crippen molar-refractivity contribution in [2.45, 2.75) is 45.7 Å². The minimum Gasteiger partial charge on any atom is -0.478 e. The van der Waals surface area contributed by atoms with Crippen LogP contribution in [0.1, 0.15) is 45.1 Å². The van der Waals surface area contributed by atoms with Crippen LogP contribution in [0.4, 0.5) is 23.7 Å². The number of halogens is 3. The standard InChI is InChI=1S/C20H26F3N3O3/c1-4-11-24(12-5-2)19(29)25(6-3)26-13-15(18(27)28)17(20(21,22)23)14-9-7-8-10-16(14)26/h7-10,13,17H,4-6,11-12H2,1-3H3,(H,27,28). The molecule has 1 N–H and O–H groups in total. The Morgan fingerprint density at radius 2 is 1.69 bits per heavy atom. The van der Waals surface area contributed by atoms with Gasteiger partial charge in [0.15, 0.2) is 0 Å². The van der Waals surface area contributed by atoms with Crippen LogP contribution in [0.15, 0.2) is 36.0 Å². The summed E-state index contributed by atoms with van der Waals surface area (Å²) in [5.74, 6) is -3.93. The summed E-state index contributed by atoms with van der Waals surface area (Å²) in [6.45, 7) is 6.72. The summed E-state index contributed by atoms with van der Waals surface area (Å²) < 4.78 is 41.1. The van der Waals surface area contributed by atoms with Gasteiger partial charge in [-0.1, -0.05) is 32.0 Å². The third kappa shape index (κ3) is 4.65. The summed E-state index contributed by atoms with van der Waals surface area (Å²) in [5.41, 5.74) is -0.869. The van der Waals surface area contributed by atoms with Crippen LogP contribution in [-0.4, -0.2) is 52.8 Å². The van der Waals surface area contributed by atoms with Crippen molar-refractivity contribution < 1.29 is 27.9 Å². The first-order valence-electron chi connectivity index (χ1n) is 9.63. The Morgan fingerprint density at radius 1 is 1.10 bits per heavy atom. The van der Waals surface area contributed by atoms with Crippen molar-refractivity contribution in [3.05, 3.63) is 41.6 Å². The summed E-state index contributed by atoms with van der Waals surface area (Å²) in [7, 11) is 0. The molecular formula is C20H26F3N3O3. The van der Waals surface area contributed by atoms with Crippen molar-refractivity contribution >= 4 is 17.7 Å². The smallest absolute Gasteiger partial charge is 0.400 e. The normalized spacial score (nSPS) is 16.1. The van der Waals surface area contributed by atoms with Crippen molar-refractivity contribution in [3.8, 4) is 0 Å². The molecule has 0 bridgehead atoms. The summed E-state index contributed by atoms with van der Waals surface area (Å²) in [5, 5.41) is 12.0. The first-order chi connectivity index (χ1) is 13.7. The lowest BCUT2D eigenvalue weighted by molar-refractivity contribution is -0.152. The van der Waals surface area contributed by atoms with Crippen molar-refractivity contribution in [1.82, 2.24) is 9.91 Å². The molecule has 9 heteroatoms. The highest BCUT2D eigenvalue weighted by atomic mass is 19.4. The largest absolute Gasteiger partial charge is 0.478 e. The number of hydrazine groups is 1. The molecule has 0 saturated carbocycles. The van der Waals surface area contributed by atoms with Crippen LogP contribution in [0.3, 0.4) is 0 Å². The summed E-state index contributed by atoms with van der Waals surface area (Å²) in [6, 6.07) is 5.33. The van der Waals surface area contributed by atoms with E-state index in [0.29, 0.717) is 13.1 Å². The van der Waals surface area contributed by atoms with Crippen LogP contribution in [0.25, 0.3) is 0 Å². The van der Waals surface area contributed by atoms with Crippen molar-refractivity contribution in [2.24, 2.45) is 0 Å². The molecule has 160 valence electrons. The fourth-order valence-electron chi connectivity index (χ4n) is 3.50. The maximum absolute atomic E-state index is 13.7. The van der Waals surface area contributed by atoms with E-state index in [-0.39, 0.29) is 23.8 Å². The number of para-hydroxylation sites is 1. The Morgan fingerprint density at radius 3 is 2.17 bits per heavy atom. The molecule has 1 atom stereocenters. The number of carboxylic acids is 1. The molecule has 1 aromatic rings. The van der Waals surface area contributed by atoms with Gasteiger partial charge in [-0.2, -0.15) is 13.2 Å². The lowest BCUT2D eigenvalue weighted by Gasteiger charge is -2.41. The van der Waals surface area contributed by atoms with Crippen molar-refractivity contribution in [2.75, 3.05) is 24.6 Å². The second-order valence-corrected chi connectivity index (χ2v) is 6.75. The Kier molecular flexibility index (Phi) is 7.16. The van der Waals surface area contributed by atoms with Gasteiger partial charge in [-0.3, -0.25) is 5.01 Å². The fourth-order valence-corrected chi connectivity index (χ4v) is 3.50. The third-order valence-electron chi connectivity index (χ3n) is 4.68. The van der Waals surface area contributed by atoms with Crippen LogP contribution in [-0.2, 0) is 4.79 Å². The molecule has 6 nitrogen and oxygen atoms in total. The number of aliphatic carboxylic acids is 1. The number of benzene rings is 1. The first kappa shape index (κ1) is 22.6. The molecule has 1 aromatic carbocycles. The number of anilines is 1. The molecule has 0 aliphatic carbocycles. The summed E-state index contributed by atoms with van der Waals surface area (Å²) in [4.78, 5) is 26.4. The van der Waals surface area contributed by atoms with E-state index >= 15 is 0 Å². The van der Waals surface area contributed by atoms with Gasteiger partial charge in [-0.25, -0.2) is 14.6 Å². The number of carbonyl (C=O) groups excluding carboxylic acids is 1. The Labute approximate surface area is 168 Å². The van der Waals surface area contributed by atoms with Gasteiger partial charge in [0.05, 0.1) is 11.3 Å². The maximum Gasteiger partial charge on any atom is 0.400 e. The van der Waals surface area contributed by atoms with E-state index in [9.17, 15) is 27.9 Å². The van der Waals surface area contributed by atoms with Gasteiger partial charge < -0.3 is 10.0 Å². The number of fused-ring (bicyclic) bond motifs is 1. The Balaban J connectivity index is 2.59. The van der Waals surface area contributed by atoms with Crippen LogP contribution < -0.4 is 5.01 Å². The minimum atomic E-state index is -4.77. The minimum absolute atomic E-state index is 0.142. The van der Waals surface area contributed by atoms with Crippen LogP contribution in [0.2, 0.25) is 0 Å². The van der Waals surface area contributed by atoms with Crippen LogP contribution in [0, 0.1) is 0 Å². The van der Waals surface area contributed by atoms with Gasteiger partial charge in [-0.15, -0.1) is 0 Å². The van der Waals surface area contributed by atoms with Crippen LogP contribution >= 0.6 is 0 Å². The molecule has 0 spiro atoms. The van der Waals surface area contributed by atoms with Gasteiger partial charge in [0, 0.05) is 25.8 Å². The van der Waals surface area contributed by atoms with E-state index in [1.54, 1.807) is 17.9 Å². The number of nitrogens with zero attached hydrogens (tertiary/aromatic N) is 3. The highest BCUT2D eigenvalue weighted by Gasteiger charge is 2.49. The maximum atomic E-state index is 13.7. The molecule has 0 saturated heterocycles. The highest BCUT2D eigenvalue weighted by molar-refractivity contribution is 5.92. The van der Waals surface area contributed by atoms with E-state index in [1.807, 2.05) is 13.8 Å². The topological polar surface area (TPSA) is 64.1 Å². The van der Waals surface area contributed by atoms with Crippen LogP contribution in [0.5, 0.6) is 0 Å². The lowest BCUT2D eigenvalue weighted by Crippen LogP contribution is -2.52. The number of amides is 2. The average molecular weight is 413 g/mol. The first-order valence-corrected chi connectivity index (χ1v) is 9.63. The van der Waals surface area contributed by atoms with E-state index < -0.39 is 23.6 Å². The molecule has 29 heavy (non-hydrogen) atoms. The molecule has 2 amide bonds. The SMILES string of the molecule is CCCN(CCC)C(=O)N(CC)N1C=C(C(=O)O)C(C(F)(F)F)c2ccccc21. The quantitative estimate of drug-likeness (QED) is 0.710. The van der Waals surface area contributed by atoms with E-state index in [4.69, 9.17) is 0 Å². The number of rotatable bonds is 7. The van der Waals surface area contributed by atoms with Gasteiger partial charge in [0.1, 0.15) is 5.92 Å². The second-order valence-electron chi connectivity index (χ2n) is 6.75. The predicted octanol–water partition coefficient (Wildman–Crippen LogP) is 4.60. The molecule has 1 heterocycles. The molecule has 1 aliphatic rings. The fraction of sp³-hybridized carbons (Fsp3) is 0.500. The number of hydrogen-bond donors (Lipinski definition) is 1. The van der Waals surface area contributed by atoms with Crippen molar-refractivity contribution in [1.29, 1.82) is 0 Å². The van der Waals surface area contributed by atoms with Gasteiger partial charge in [-0.05, 0) is 31.4 Å². The Bertz CT molecular complexity index is 774. The number of urea groups is 1. The number of hydrogen-bond acceptors (Lipinski definition) is 3. The summed E-state index contributed by atoms with van der Waals surface area (Å²) in [6.07, 6.45) is -2.40. The number of alkyl halides is 3. The van der Waals surface area contributed by atoms with E-state index in [1.165, 1.54) is 28.2 Å². The monoisotopic (exact) mass is 413 g/mol. The summed E-state index contributed by atoms with van der Waals surface area (Å²) >= 11 is 0. The molecule has 1 aliphatic heterocycles. The zero-order valence-electron chi connectivity index (χ0n) is 16.7. The zero-order chi connectivity index (χ0) is 21.8. The molecule has 1 unspecified atom stereocenters. The Hall–Kier alpha value is -2.71. The predicted molar refractivity (Wildman–Crippen MR) is 103 cm³/mol. The molecular weight excluding hydrogens is 387 g/mol. The van der Waals surface area contributed by atoms with Crippen molar-refractivity contribution in [3.63, 3.8) is 0 Å². The number of carbonyl (C=O) groups is 2. The molecule has 2 rings (SSSR count). The second kappa shape index (κ2) is 9.19. The number of carboxylic acid groups (broad SMARTS) is 1. The third-order valence-corrected chi connectivity index (χ3v) is 4.68.